The predicted molar refractivity (Wildman–Crippen MR) is 107 cm³/mol. The molecule has 2 N–H and O–H groups in total. The lowest BCUT2D eigenvalue weighted by Gasteiger charge is -2.25. The Morgan fingerprint density at radius 3 is 2.29 bits per heavy atom. The number of benzene rings is 2. The lowest BCUT2D eigenvalue weighted by molar-refractivity contribution is 0.0942. The molecular formula is C21H26N2O4S. The monoisotopic (exact) mass is 402 g/mol. The summed E-state index contributed by atoms with van der Waals surface area (Å²) >= 11 is 0. The van der Waals surface area contributed by atoms with Crippen molar-refractivity contribution in [2.24, 2.45) is 0 Å². The maximum Gasteiger partial charge on any atom is 0.251 e. The summed E-state index contributed by atoms with van der Waals surface area (Å²) < 4.78 is 26.8. The maximum atomic E-state index is 12.6. The average molecular weight is 403 g/mol. The minimum atomic E-state index is -3.49. The van der Waals surface area contributed by atoms with Crippen LogP contribution in [-0.4, -0.2) is 43.4 Å². The van der Waals surface area contributed by atoms with E-state index >= 15 is 0 Å². The Bertz CT molecular complexity index is 876. The molecule has 0 spiro atoms. The van der Waals surface area contributed by atoms with Gasteiger partial charge >= 0.3 is 0 Å². The highest BCUT2D eigenvalue weighted by atomic mass is 32.2. The number of aliphatic hydroxyl groups excluding tert-OH is 1. The number of aliphatic hydroxyl groups is 1. The molecule has 150 valence electrons. The van der Waals surface area contributed by atoms with E-state index in [9.17, 15) is 18.3 Å². The first-order valence-electron chi connectivity index (χ1n) is 9.60. The van der Waals surface area contributed by atoms with Gasteiger partial charge in [0, 0.05) is 25.2 Å². The number of rotatable bonds is 7. The fourth-order valence-electron chi connectivity index (χ4n) is 3.30. The summed E-state index contributed by atoms with van der Waals surface area (Å²) in [5, 5.41) is 12.9. The fraction of sp³-hybridized carbons (Fsp3) is 0.381. The summed E-state index contributed by atoms with van der Waals surface area (Å²) in [6, 6.07) is 15.3. The number of hydrogen-bond donors (Lipinski definition) is 2. The highest BCUT2D eigenvalue weighted by Gasteiger charge is 2.25. The quantitative estimate of drug-likeness (QED) is 0.746. The first kappa shape index (κ1) is 20.5. The first-order chi connectivity index (χ1) is 13.5. The Labute approximate surface area is 166 Å². The molecule has 1 fully saturated rings. The van der Waals surface area contributed by atoms with E-state index in [1.807, 2.05) is 30.3 Å². The van der Waals surface area contributed by atoms with Crippen LogP contribution >= 0.6 is 0 Å². The van der Waals surface area contributed by atoms with Crippen molar-refractivity contribution in [2.75, 3.05) is 19.6 Å². The third kappa shape index (κ3) is 4.98. The van der Waals surface area contributed by atoms with Crippen LogP contribution in [0.2, 0.25) is 0 Å². The molecule has 0 saturated carbocycles. The lowest BCUT2D eigenvalue weighted by Crippen LogP contribution is -2.35. The Morgan fingerprint density at radius 2 is 1.64 bits per heavy atom. The van der Waals surface area contributed by atoms with Gasteiger partial charge in [0.2, 0.25) is 10.0 Å². The first-order valence-corrected chi connectivity index (χ1v) is 11.0. The van der Waals surface area contributed by atoms with Gasteiger partial charge in [-0.3, -0.25) is 4.79 Å². The van der Waals surface area contributed by atoms with Gasteiger partial charge in [-0.2, -0.15) is 4.31 Å². The molecule has 1 atom stereocenters. The van der Waals surface area contributed by atoms with Crippen molar-refractivity contribution in [3.63, 3.8) is 0 Å². The summed E-state index contributed by atoms with van der Waals surface area (Å²) in [6.07, 6.45) is 2.59. The van der Waals surface area contributed by atoms with E-state index in [0.717, 1.165) is 24.8 Å². The summed E-state index contributed by atoms with van der Waals surface area (Å²) in [5.74, 6) is -0.290. The van der Waals surface area contributed by atoms with Crippen LogP contribution in [0.3, 0.4) is 0 Å². The normalized spacial score (nSPS) is 16.5. The zero-order valence-corrected chi connectivity index (χ0v) is 16.6. The van der Waals surface area contributed by atoms with Crippen LogP contribution in [-0.2, 0) is 10.0 Å². The van der Waals surface area contributed by atoms with E-state index in [1.165, 1.54) is 28.6 Å². The number of amides is 1. The van der Waals surface area contributed by atoms with Crippen molar-refractivity contribution in [3.8, 4) is 0 Å². The number of sulfonamides is 1. The van der Waals surface area contributed by atoms with E-state index in [-0.39, 0.29) is 10.8 Å². The smallest absolute Gasteiger partial charge is 0.251 e. The molecule has 2 aromatic rings. The van der Waals surface area contributed by atoms with Crippen LogP contribution in [0.25, 0.3) is 0 Å². The molecule has 0 radical (unpaired) electrons. The molecule has 1 aliphatic heterocycles. The highest BCUT2D eigenvalue weighted by molar-refractivity contribution is 7.89. The van der Waals surface area contributed by atoms with Crippen molar-refractivity contribution >= 4 is 15.9 Å². The molecule has 7 heteroatoms. The van der Waals surface area contributed by atoms with Crippen molar-refractivity contribution in [3.05, 3.63) is 65.7 Å². The van der Waals surface area contributed by atoms with Crippen molar-refractivity contribution in [2.45, 2.75) is 36.7 Å². The van der Waals surface area contributed by atoms with E-state index in [0.29, 0.717) is 31.6 Å². The second kappa shape index (κ2) is 9.32. The number of carbonyl (C=O) groups excluding carboxylic acids is 1. The molecule has 28 heavy (non-hydrogen) atoms. The van der Waals surface area contributed by atoms with Gasteiger partial charge in [0.15, 0.2) is 0 Å². The van der Waals surface area contributed by atoms with E-state index in [2.05, 4.69) is 5.32 Å². The molecule has 1 unspecified atom stereocenters. The van der Waals surface area contributed by atoms with Gasteiger partial charge < -0.3 is 10.4 Å². The number of nitrogens with zero attached hydrogens (tertiary/aromatic N) is 1. The van der Waals surface area contributed by atoms with E-state index < -0.39 is 16.1 Å². The highest BCUT2D eigenvalue weighted by Crippen LogP contribution is 2.21. The summed E-state index contributed by atoms with van der Waals surface area (Å²) in [6.45, 7) is 1.42. The van der Waals surface area contributed by atoms with Crippen LogP contribution in [0.15, 0.2) is 59.5 Å². The van der Waals surface area contributed by atoms with Gasteiger partial charge in [0.1, 0.15) is 0 Å². The summed E-state index contributed by atoms with van der Waals surface area (Å²) in [5.41, 5.74) is 1.20. The molecule has 0 bridgehead atoms. The Kier molecular flexibility index (Phi) is 6.83. The fourth-order valence-corrected chi connectivity index (χ4v) is 4.82. The van der Waals surface area contributed by atoms with Gasteiger partial charge in [-0.1, -0.05) is 36.8 Å². The molecule has 1 amide bonds. The van der Waals surface area contributed by atoms with Crippen molar-refractivity contribution in [1.29, 1.82) is 0 Å². The standard InChI is InChI=1S/C21H26N2O4S/c24-20(17-7-3-1-4-8-17)13-14-22-21(25)18-9-11-19(12-10-18)28(26,27)23-15-5-2-6-16-23/h1,3-4,7-12,20,24H,2,5-6,13-16H2,(H,22,25). The van der Waals surface area contributed by atoms with Crippen LogP contribution < -0.4 is 5.32 Å². The number of hydrogen-bond acceptors (Lipinski definition) is 4. The Hall–Kier alpha value is -2.22. The molecule has 0 aromatic heterocycles. The van der Waals surface area contributed by atoms with Crippen LogP contribution in [0.1, 0.15) is 47.7 Å². The minimum Gasteiger partial charge on any atom is -0.388 e. The molecule has 1 aliphatic rings. The molecular weight excluding hydrogens is 376 g/mol. The topological polar surface area (TPSA) is 86.7 Å². The SMILES string of the molecule is O=C(NCCC(O)c1ccccc1)c1ccc(S(=O)(=O)N2CCCCC2)cc1. The van der Waals surface area contributed by atoms with Crippen LogP contribution in [0.5, 0.6) is 0 Å². The minimum absolute atomic E-state index is 0.213. The zero-order chi connectivity index (χ0) is 20.0. The van der Waals surface area contributed by atoms with Gasteiger partial charge in [0.25, 0.3) is 5.91 Å². The van der Waals surface area contributed by atoms with Crippen molar-refractivity contribution in [1.82, 2.24) is 9.62 Å². The Morgan fingerprint density at radius 1 is 1.00 bits per heavy atom. The molecule has 2 aromatic carbocycles. The van der Waals surface area contributed by atoms with Crippen LogP contribution in [0.4, 0.5) is 0 Å². The predicted octanol–water partition coefficient (Wildman–Crippen LogP) is 2.71. The maximum absolute atomic E-state index is 12.6. The molecule has 1 heterocycles. The average Bonchev–Trinajstić information content (AvgIpc) is 2.75. The summed E-state index contributed by atoms with van der Waals surface area (Å²) in [4.78, 5) is 12.5. The third-order valence-electron chi connectivity index (χ3n) is 4.96. The molecule has 0 aliphatic carbocycles. The van der Waals surface area contributed by atoms with E-state index in [1.54, 1.807) is 0 Å². The van der Waals surface area contributed by atoms with E-state index in [4.69, 9.17) is 0 Å². The van der Waals surface area contributed by atoms with Gasteiger partial charge in [-0.15, -0.1) is 0 Å². The van der Waals surface area contributed by atoms with Gasteiger partial charge in [-0.25, -0.2) is 8.42 Å². The van der Waals surface area contributed by atoms with Gasteiger partial charge in [0.05, 0.1) is 11.0 Å². The molecule has 3 rings (SSSR count). The number of nitrogens with one attached hydrogen (secondary N) is 1. The Balaban J connectivity index is 1.55. The van der Waals surface area contributed by atoms with Crippen molar-refractivity contribution < 1.29 is 18.3 Å². The number of piperidine rings is 1. The second-order valence-electron chi connectivity index (χ2n) is 6.96. The summed E-state index contributed by atoms with van der Waals surface area (Å²) in [7, 11) is -3.49. The number of carbonyl (C=O) groups is 1. The second-order valence-corrected chi connectivity index (χ2v) is 8.90. The van der Waals surface area contributed by atoms with Gasteiger partial charge in [-0.05, 0) is 49.1 Å². The molecule has 6 nitrogen and oxygen atoms in total. The molecule has 1 saturated heterocycles. The lowest BCUT2D eigenvalue weighted by atomic mass is 10.1. The third-order valence-corrected chi connectivity index (χ3v) is 6.87. The van der Waals surface area contributed by atoms with Crippen LogP contribution in [0, 0.1) is 0 Å². The zero-order valence-electron chi connectivity index (χ0n) is 15.8. The largest absolute Gasteiger partial charge is 0.388 e.